The molecule has 3 atom stereocenters. The van der Waals surface area contributed by atoms with Crippen LogP contribution < -0.4 is 5.32 Å². The van der Waals surface area contributed by atoms with Gasteiger partial charge in [-0.25, -0.2) is 0 Å². The Bertz CT molecular complexity index is 305. The lowest BCUT2D eigenvalue weighted by Crippen LogP contribution is -2.36. The number of likely N-dealkylation sites (tertiary alicyclic amines) is 1. The monoisotopic (exact) mass is 280 g/mol. The fourth-order valence-corrected chi connectivity index (χ4v) is 3.97. The number of nitrogens with zero attached hydrogens (tertiary/aromatic N) is 1. The number of carbonyl (C=O) groups is 1. The lowest BCUT2D eigenvalue weighted by Gasteiger charge is -2.25. The van der Waals surface area contributed by atoms with E-state index in [1.54, 1.807) is 0 Å². The Morgan fingerprint density at radius 1 is 1.20 bits per heavy atom. The summed E-state index contributed by atoms with van der Waals surface area (Å²) in [7, 11) is 0. The van der Waals surface area contributed by atoms with E-state index in [1.807, 2.05) is 0 Å². The molecule has 0 aromatic rings. The van der Waals surface area contributed by atoms with E-state index in [9.17, 15) is 4.79 Å². The quantitative estimate of drug-likeness (QED) is 0.810. The van der Waals surface area contributed by atoms with E-state index in [4.69, 9.17) is 0 Å². The number of amides is 1. The second-order valence-corrected chi connectivity index (χ2v) is 6.63. The van der Waals surface area contributed by atoms with Crippen molar-refractivity contribution in [2.45, 2.75) is 71.3 Å². The van der Waals surface area contributed by atoms with E-state index in [-0.39, 0.29) is 0 Å². The van der Waals surface area contributed by atoms with E-state index in [0.29, 0.717) is 11.9 Å². The average Bonchev–Trinajstić information content (AvgIpc) is 2.81. The van der Waals surface area contributed by atoms with Crippen LogP contribution in [0.5, 0.6) is 0 Å². The Labute approximate surface area is 124 Å². The van der Waals surface area contributed by atoms with Gasteiger partial charge in [0.15, 0.2) is 0 Å². The summed E-state index contributed by atoms with van der Waals surface area (Å²) in [6.45, 7) is 7.50. The van der Waals surface area contributed by atoms with Gasteiger partial charge < -0.3 is 10.2 Å². The molecule has 2 rings (SSSR count). The van der Waals surface area contributed by atoms with Crippen LogP contribution in [-0.4, -0.2) is 36.5 Å². The maximum atomic E-state index is 12.2. The highest BCUT2D eigenvalue weighted by Gasteiger charge is 2.28. The van der Waals surface area contributed by atoms with Crippen LogP contribution in [0.25, 0.3) is 0 Å². The molecule has 0 spiro atoms. The molecule has 1 N–H and O–H groups in total. The minimum atomic E-state index is 0.402. The molecule has 1 aliphatic carbocycles. The second kappa shape index (κ2) is 8.02. The van der Waals surface area contributed by atoms with Crippen LogP contribution >= 0.6 is 0 Å². The van der Waals surface area contributed by atoms with Crippen LogP contribution in [0.3, 0.4) is 0 Å². The summed E-state index contributed by atoms with van der Waals surface area (Å²) in [5, 5.41) is 3.62. The van der Waals surface area contributed by atoms with Crippen molar-refractivity contribution in [3.05, 3.63) is 0 Å². The van der Waals surface area contributed by atoms with E-state index in [0.717, 1.165) is 44.3 Å². The molecule has 3 unspecified atom stereocenters. The maximum Gasteiger partial charge on any atom is 0.222 e. The minimum Gasteiger partial charge on any atom is -0.343 e. The van der Waals surface area contributed by atoms with Crippen molar-refractivity contribution in [3.8, 4) is 0 Å². The van der Waals surface area contributed by atoms with Crippen molar-refractivity contribution in [1.29, 1.82) is 0 Å². The standard InChI is InChI=1S/C17H32N2O/c1-3-14-8-9-17(20)19(12-10-14)13-11-15-6-5-7-16(15)18-4-2/h14-16,18H,3-13H2,1-2H3. The first kappa shape index (κ1) is 15.8. The summed E-state index contributed by atoms with van der Waals surface area (Å²) in [5.74, 6) is 1.96. The SMILES string of the molecule is CCNC1CCCC1CCN1CCC(CC)CCC1=O. The first-order valence-electron chi connectivity index (χ1n) is 8.75. The molecule has 0 aromatic carbocycles. The van der Waals surface area contributed by atoms with Gasteiger partial charge in [0.1, 0.15) is 0 Å². The number of rotatable bonds is 6. The molecule has 2 aliphatic rings. The van der Waals surface area contributed by atoms with Gasteiger partial charge in [-0.1, -0.05) is 26.7 Å². The summed E-state index contributed by atoms with van der Waals surface area (Å²) in [6.07, 6.45) is 9.54. The molecule has 116 valence electrons. The molecule has 2 fully saturated rings. The largest absolute Gasteiger partial charge is 0.343 e. The Hall–Kier alpha value is -0.570. The molecular formula is C17H32N2O. The van der Waals surface area contributed by atoms with E-state index < -0.39 is 0 Å². The fraction of sp³-hybridized carbons (Fsp3) is 0.941. The molecule has 1 saturated heterocycles. The highest BCUT2D eigenvalue weighted by Crippen LogP contribution is 2.29. The van der Waals surface area contributed by atoms with Crippen LogP contribution in [0.2, 0.25) is 0 Å². The van der Waals surface area contributed by atoms with E-state index in [1.165, 1.54) is 38.5 Å². The Balaban J connectivity index is 1.78. The van der Waals surface area contributed by atoms with E-state index in [2.05, 4.69) is 24.1 Å². The highest BCUT2D eigenvalue weighted by molar-refractivity contribution is 5.76. The third-order valence-electron chi connectivity index (χ3n) is 5.40. The average molecular weight is 280 g/mol. The smallest absolute Gasteiger partial charge is 0.222 e. The summed E-state index contributed by atoms with van der Waals surface area (Å²) >= 11 is 0. The molecule has 20 heavy (non-hydrogen) atoms. The van der Waals surface area contributed by atoms with E-state index >= 15 is 0 Å². The van der Waals surface area contributed by atoms with Crippen molar-refractivity contribution < 1.29 is 4.79 Å². The van der Waals surface area contributed by atoms with Crippen LogP contribution in [0, 0.1) is 11.8 Å². The van der Waals surface area contributed by atoms with Gasteiger partial charge in [0.2, 0.25) is 5.91 Å². The number of hydrogen-bond acceptors (Lipinski definition) is 2. The van der Waals surface area contributed by atoms with Crippen LogP contribution in [-0.2, 0) is 4.79 Å². The summed E-state index contributed by atoms with van der Waals surface area (Å²) in [6, 6.07) is 0.700. The van der Waals surface area contributed by atoms with Gasteiger partial charge in [-0.15, -0.1) is 0 Å². The molecular weight excluding hydrogens is 248 g/mol. The number of nitrogens with one attached hydrogen (secondary N) is 1. The van der Waals surface area contributed by atoms with Gasteiger partial charge in [-0.3, -0.25) is 4.79 Å². The van der Waals surface area contributed by atoms with Crippen molar-refractivity contribution in [2.75, 3.05) is 19.6 Å². The summed E-state index contributed by atoms with van der Waals surface area (Å²) in [4.78, 5) is 14.3. The second-order valence-electron chi connectivity index (χ2n) is 6.63. The van der Waals surface area contributed by atoms with Crippen LogP contribution in [0.15, 0.2) is 0 Å². The zero-order valence-electron chi connectivity index (χ0n) is 13.4. The fourth-order valence-electron chi connectivity index (χ4n) is 3.97. The zero-order chi connectivity index (χ0) is 14.4. The van der Waals surface area contributed by atoms with Gasteiger partial charge in [0.05, 0.1) is 0 Å². The third-order valence-corrected chi connectivity index (χ3v) is 5.40. The molecule has 1 saturated carbocycles. The van der Waals surface area contributed by atoms with Gasteiger partial charge in [-0.05, 0) is 50.5 Å². The van der Waals surface area contributed by atoms with Gasteiger partial charge in [0, 0.05) is 25.6 Å². The number of carbonyl (C=O) groups excluding carboxylic acids is 1. The van der Waals surface area contributed by atoms with Gasteiger partial charge >= 0.3 is 0 Å². The van der Waals surface area contributed by atoms with Crippen LogP contribution in [0.4, 0.5) is 0 Å². The molecule has 3 nitrogen and oxygen atoms in total. The minimum absolute atomic E-state index is 0.402. The Morgan fingerprint density at radius 3 is 2.80 bits per heavy atom. The first-order chi connectivity index (χ1) is 9.74. The van der Waals surface area contributed by atoms with Crippen molar-refractivity contribution in [2.24, 2.45) is 11.8 Å². The predicted octanol–water partition coefficient (Wildman–Crippen LogP) is 3.19. The molecule has 0 bridgehead atoms. The lowest BCUT2D eigenvalue weighted by atomic mass is 9.98. The van der Waals surface area contributed by atoms with Crippen molar-refractivity contribution >= 4 is 5.91 Å². The lowest BCUT2D eigenvalue weighted by molar-refractivity contribution is -0.130. The summed E-state index contributed by atoms with van der Waals surface area (Å²) in [5.41, 5.74) is 0. The Kier molecular flexibility index (Phi) is 6.34. The molecule has 3 heteroatoms. The molecule has 0 aromatic heterocycles. The Morgan fingerprint density at radius 2 is 2.05 bits per heavy atom. The van der Waals surface area contributed by atoms with Gasteiger partial charge in [-0.2, -0.15) is 0 Å². The third kappa shape index (κ3) is 4.21. The normalized spacial score (nSPS) is 31.6. The van der Waals surface area contributed by atoms with Gasteiger partial charge in [0.25, 0.3) is 0 Å². The topological polar surface area (TPSA) is 32.3 Å². The van der Waals surface area contributed by atoms with Crippen molar-refractivity contribution in [3.63, 3.8) is 0 Å². The zero-order valence-corrected chi connectivity index (χ0v) is 13.4. The number of hydrogen-bond donors (Lipinski definition) is 1. The van der Waals surface area contributed by atoms with Crippen molar-refractivity contribution in [1.82, 2.24) is 10.2 Å². The molecule has 1 heterocycles. The molecule has 0 radical (unpaired) electrons. The van der Waals surface area contributed by atoms with Crippen LogP contribution in [0.1, 0.15) is 65.2 Å². The summed E-state index contributed by atoms with van der Waals surface area (Å²) < 4.78 is 0. The first-order valence-corrected chi connectivity index (χ1v) is 8.75. The highest BCUT2D eigenvalue weighted by atomic mass is 16.2. The molecule has 1 amide bonds. The molecule has 1 aliphatic heterocycles. The predicted molar refractivity (Wildman–Crippen MR) is 83.6 cm³/mol. The maximum absolute atomic E-state index is 12.2.